The molecule has 0 radical (unpaired) electrons. The number of nitrogens with one attached hydrogen (secondary N) is 1. The molecule has 3 aliphatic rings. The molecule has 2 atom stereocenters. The molecule has 0 bridgehead atoms. The van der Waals surface area contributed by atoms with E-state index in [1.807, 2.05) is 24.3 Å². The highest BCUT2D eigenvalue weighted by Gasteiger charge is 2.31. The van der Waals surface area contributed by atoms with Crippen molar-refractivity contribution >= 4 is 5.91 Å². The molecule has 4 heteroatoms. The highest BCUT2D eigenvalue weighted by atomic mass is 16.5. The number of nitrogens with zero attached hydrogens (tertiary/aromatic N) is 1. The topological polar surface area (TPSA) is 41.6 Å². The van der Waals surface area contributed by atoms with Crippen molar-refractivity contribution in [2.75, 3.05) is 26.2 Å². The van der Waals surface area contributed by atoms with Gasteiger partial charge in [-0.1, -0.05) is 12.5 Å². The normalized spacial score (nSPS) is 27.6. The number of fused-ring (bicyclic) bond motifs is 1. The number of ether oxygens (including phenoxy) is 1. The van der Waals surface area contributed by atoms with E-state index in [9.17, 15) is 4.79 Å². The van der Waals surface area contributed by atoms with Gasteiger partial charge in [0.25, 0.3) is 5.91 Å². The van der Waals surface area contributed by atoms with Crippen LogP contribution in [0.25, 0.3) is 0 Å². The van der Waals surface area contributed by atoms with Gasteiger partial charge < -0.3 is 15.0 Å². The fourth-order valence-corrected chi connectivity index (χ4v) is 4.68. The van der Waals surface area contributed by atoms with E-state index >= 15 is 0 Å². The molecular formula is C21H30N2O2. The number of carbonyl (C=O) groups is 1. The van der Waals surface area contributed by atoms with Crippen molar-refractivity contribution in [2.45, 2.75) is 51.0 Å². The van der Waals surface area contributed by atoms with Crippen molar-refractivity contribution in [3.8, 4) is 5.75 Å². The van der Waals surface area contributed by atoms with Crippen LogP contribution in [-0.2, 0) is 0 Å². The van der Waals surface area contributed by atoms with Crippen molar-refractivity contribution in [3.05, 3.63) is 29.8 Å². The Kier molecular flexibility index (Phi) is 5.25. The first kappa shape index (κ1) is 16.9. The third-order valence-electron chi connectivity index (χ3n) is 6.24. The Hall–Kier alpha value is -1.55. The van der Waals surface area contributed by atoms with Crippen molar-refractivity contribution in [1.29, 1.82) is 0 Å². The van der Waals surface area contributed by atoms with Crippen molar-refractivity contribution in [2.24, 2.45) is 11.8 Å². The number of hydrogen-bond donors (Lipinski definition) is 1. The van der Waals surface area contributed by atoms with Gasteiger partial charge in [0.2, 0.25) is 0 Å². The van der Waals surface area contributed by atoms with Gasteiger partial charge in [-0.3, -0.25) is 4.79 Å². The fraction of sp³-hybridized carbons (Fsp3) is 0.667. The predicted octanol–water partition coefficient (Wildman–Crippen LogP) is 3.47. The van der Waals surface area contributed by atoms with Crippen LogP contribution < -0.4 is 10.1 Å². The van der Waals surface area contributed by atoms with Crippen LogP contribution >= 0.6 is 0 Å². The first-order valence-electron chi connectivity index (χ1n) is 10.1. The molecule has 1 amide bonds. The molecule has 2 heterocycles. The largest absolute Gasteiger partial charge is 0.490 e. The Balaban J connectivity index is 1.40. The molecule has 1 aromatic carbocycles. The van der Waals surface area contributed by atoms with Gasteiger partial charge in [0.15, 0.2) is 0 Å². The molecule has 1 aromatic rings. The summed E-state index contributed by atoms with van der Waals surface area (Å²) >= 11 is 0. The van der Waals surface area contributed by atoms with E-state index in [-0.39, 0.29) is 5.91 Å². The third kappa shape index (κ3) is 4.00. The number of amides is 1. The Labute approximate surface area is 150 Å². The second kappa shape index (κ2) is 7.77. The Morgan fingerprint density at radius 1 is 1.00 bits per heavy atom. The van der Waals surface area contributed by atoms with E-state index in [1.54, 1.807) is 0 Å². The van der Waals surface area contributed by atoms with E-state index in [2.05, 4.69) is 10.2 Å². The molecule has 0 aromatic heterocycles. The molecule has 1 saturated carbocycles. The monoisotopic (exact) mass is 342 g/mol. The number of hydrogen-bond acceptors (Lipinski definition) is 3. The second-order valence-electron chi connectivity index (χ2n) is 7.95. The molecule has 1 aliphatic carbocycles. The van der Waals surface area contributed by atoms with Crippen LogP contribution in [0.2, 0.25) is 0 Å². The van der Waals surface area contributed by atoms with E-state index in [1.165, 1.54) is 19.3 Å². The number of likely N-dealkylation sites (tertiary alicyclic amines) is 1. The molecule has 2 aliphatic heterocycles. The highest BCUT2D eigenvalue weighted by Crippen LogP contribution is 2.28. The number of carbonyl (C=O) groups excluding carboxylic acids is 1. The lowest BCUT2D eigenvalue weighted by atomic mass is 9.92. The minimum absolute atomic E-state index is 0.169. The second-order valence-corrected chi connectivity index (χ2v) is 7.95. The SMILES string of the molecule is O=C(c1cccc(OC2CCCCC2)c1)N1CC[C@@H]2CNC[C@@H]2CC1. The van der Waals surface area contributed by atoms with Crippen LogP contribution in [0.3, 0.4) is 0 Å². The van der Waals surface area contributed by atoms with Crippen LogP contribution in [0, 0.1) is 11.8 Å². The van der Waals surface area contributed by atoms with Crippen LogP contribution in [0.1, 0.15) is 55.3 Å². The average Bonchev–Trinajstić information content (AvgIpc) is 3.01. The lowest BCUT2D eigenvalue weighted by molar-refractivity contribution is 0.0757. The summed E-state index contributed by atoms with van der Waals surface area (Å²) in [4.78, 5) is 15.0. The summed E-state index contributed by atoms with van der Waals surface area (Å²) in [7, 11) is 0. The average molecular weight is 342 g/mol. The molecule has 4 rings (SSSR count). The summed E-state index contributed by atoms with van der Waals surface area (Å²) in [6.45, 7) is 4.01. The molecule has 4 nitrogen and oxygen atoms in total. The zero-order chi connectivity index (χ0) is 17.1. The molecular weight excluding hydrogens is 312 g/mol. The Morgan fingerprint density at radius 2 is 1.72 bits per heavy atom. The molecule has 25 heavy (non-hydrogen) atoms. The summed E-state index contributed by atoms with van der Waals surface area (Å²) in [5, 5.41) is 3.49. The minimum Gasteiger partial charge on any atom is -0.490 e. The first-order chi connectivity index (χ1) is 12.3. The maximum Gasteiger partial charge on any atom is 0.253 e. The minimum atomic E-state index is 0.169. The van der Waals surface area contributed by atoms with E-state index < -0.39 is 0 Å². The molecule has 0 unspecified atom stereocenters. The zero-order valence-corrected chi connectivity index (χ0v) is 15.1. The quantitative estimate of drug-likeness (QED) is 0.914. The van der Waals surface area contributed by atoms with Crippen LogP contribution in [0.15, 0.2) is 24.3 Å². The first-order valence-corrected chi connectivity index (χ1v) is 10.1. The van der Waals surface area contributed by atoms with Gasteiger partial charge in [-0.25, -0.2) is 0 Å². The smallest absolute Gasteiger partial charge is 0.253 e. The number of benzene rings is 1. The maximum absolute atomic E-state index is 13.0. The molecule has 1 N–H and O–H groups in total. The molecule has 136 valence electrons. The highest BCUT2D eigenvalue weighted by molar-refractivity contribution is 5.94. The lowest BCUT2D eigenvalue weighted by Gasteiger charge is -2.24. The molecule has 3 fully saturated rings. The van der Waals surface area contributed by atoms with Gasteiger partial charge in [0.1, 0.15) is 5.75 Å². The standard InChI is InChI=1S/C21H30N2O2/c24-21(23-11-9-17-14-22-15-18(17)10-12-23)16-5-4-8-20(13-16)25-19-6-2-1-3-7-19/h4-5,8,13,17-19,22H,1-3,6-7,9-12,14-15H2/t17-,18+. The lowest BCUT2D eigenvalue weighted by Crippen LogP contribution is -2.32. The zero-order valence-electron chi connectivity index (χ0n) is 15.1. The van der Waals surface area contributed by atoms with Crippen LogP contribution in [0.5, 0.6) is 5.75 Å². The Morgan fingerprint density at radius 3 is 2.44 bits per heavy atom. The number of rotatable bonds is 3. The van der Waals surface area contributed by atoms with E-state index in [0.717, 1.165) is 75.0 Å². The molecule has 0 spiro atoms. The third-order valence-corrected chi connectivity index (χ3v) is 6.24. The molecule has 2 saturated heterocycles. The van der Waals surface area contributed by atoms with Gasteiger partial charge in [0, 0.05) is 18.7 Å². The maximum atomic E-state index is 13.0. The van der Waals surface area contributed by atoms with Gasteiger partial charge in [0.05, 0.1) is 6.10 Å². The van der Waals surface area contributed by atoms with E-state index in [0.29, 0.717) is 6.10 Å². The van der Waals surface area contributed by atoms with Crippen molar-refractivity contribution in [3.63, 3.8) is 0 Å². The van der Waals surface area contributed by atoms with Crippen LogP contribution in [-0.4, -0.2) is 43.1 Å². The van der Waals surface area contributed by atoms with Gasteiger partial charge >= 0.3 is 0 Å². The van der Waals surface area contributed by atoms with Gasteiger partial charge in [-0.2, -0.15) is 0 Å². The fourth-order valence-electron chi connectivity index (χ4n) is 4.68. The van der Waals surface area contributed by atoms with Gasteiger partial charge in [-0.05, 0) is 81.6 Å². The summed E-state index contributed by atoms with van der Waals surface area (Å²) in [5.41, 5.74) is 0.776. The van der Waals surface area contributed by atoms with Crippen molar-refractivity contribution in [1.82, 2.24) is 10.2 Å². The predicted molar refractivity (Wildman–Crippen MR) is 98.9 cm³/mol. The summed E-state index contributed by atoms with van der Waals surface area (Å²) in [6, 6.07) is 7.83. The Bertz CT molecular complexity index is 583. The summed E-state index contributed by atoms with van der Waals surface area (Å²) < 4.78 is 6.14. The van der Waals surface area contributed by atoms with Gasteiger partial charge in [-0.15, -0.1) is 0 Å². The van der Waals surface area contributed by atoms with E-state index in [4.69, 9.17) is 4.74 Å². The van der Waals surface area contributed by atoms with Crippen molar-refractivity contribution < 1.29 is 9.53 Å². The van der Waals surface area contributed by atoms with Crippen LogP contribution in [0.4, 0.5) is 0 Å². The summed E-state index contributed by atoms with van der Waals surface area (Å²) in [5.74, 6) is 2.52. The summed E-state index contributed by atoms with van der Waals surface area (Å²) in [6.07, 6.45) is 8.70.